The van der Waals surface area contributed by atoms with Gasteiger partial charge in [0, 0.05) is 12.6 Å². The molecule has 0 heterocycles. The molecule has 5 heteroatoms. The monoisotopic (exact) mass is 392 g/mol. The summed E-state index contributed by atoms with van der Waals surface area (Å²) in [6, 6.07) is 5.97. The minimum atomic E-state index is -0.685. The number of unbranched alkanes of at least 4 members (excludes halogenated alkanes) is 1. The van der Waals surface area contributed by atoms with E-state index in [0.717, 1.165) is 42.8 Å². The zero-order valence-corrected chi connectivity index (χ0v) is 18.4. The molecule has 0 radical (unpaired) electrons. The first-order valence-electron chi connectivity index (χ1n) is 10.4. The number of aliphatic hydroxyl groups excluding tert-OH is 2. The van der Waals surface area contributed by atoms with E-state index in [4.69, 9.17) is 4.74 Å². The Kier molecular flexibility index (Phi) is 10.7. The molecule has 5 nitrogen and oxygen atoms in total. The Hall–Kier alpha value is -1.43. The summed E-state index contributed by atoms with van der Waals surface area (Å²) in [7, 11) is 4.17. The van der Waals surface area contributed by atoms with Crippen LogP contribution in [-0.4, -0.2) is 61.3 Å². The summed E-state index contributed by atoms with van der Waals surface area (Å²) >= 11 is 0. The Morgan fingerprint density at radius 1 is 1.14 bits per heavy atom. The second-order valence-corrected chi connectivity index (χ2v) is 8.80. The Morgan fingerprint density at radius 3 is 2.36 bits per heavy atom. The summed E-state index contributed by atoms with van der Waals surface area (Å²) in [5.41, 5.74) is 2.06. The van der Waals surface area contributed by atoms with Crippen molar-refractivity contribution in [2.75, 3.05) is 27.2 Å². The summed E-state index contributed by atoms with van der Waals surface area (Å²) in [6.07, 6.45) is 3.40. The lowest BCUT2D eigenvalue weighted by molar-refractivity contribution is 0.00595. The van der Waals surface area contributed by atoms with Gasteiger partial charge in [0.25, 0.3) is 0 Å². The molecule has 0 amide bonds. The van der Waals surface area contributed by atoms with E-state index in [1.807, 2.05) is 12.1 Å². The van der Waals surface area contributed by atoms with Crippen LogP contribution < -0.4 is 4.74 Å². The molecule has 2 N–H and O–H groups in total. The maximum atomic E-state index is 10.1. The zero-order valence-electron chi connectivity index (χ0n) is 18.4. The Labute approximate surface area is 171 Å². The number of hydrogen-bond acceptors (Lipinski definition) is 5. The van der Waals surface area contributed by atoms with Gasteiger partial charge in [0.1, 0.15) is 5.75 Å². The van der Waals surface area contributed by atoms with E-state index in [1.165, 1.54) is 0 Å². The van der Waals surface area contributed by atoms with E-state index in [1.54, 1.807) is 0 Å². The number of hydrogen-bond donors (Lipinski definition) is 2. The number of aliphatic hydroxyl groups is 2. The van der Waals surface area contributed by atoms with Crippen LogP contribution in [0.25, 0.3) is 0 Å². The van der Waals surface area contributed by atoms with E-state index in [9.17, 15) is 10.2 Å². The summed E-state index contributed by atoms with van der Waals surface area (Å²) in [4.78, 5) is 6.21. The third-order valence-electron chi connectivity index (χ3n) is 4.85. The standard InChI is InChI=1S/C23H40N2O3/c1-7-8-10-20(26)21(27)11-9-14-28-22-15-19(24-4)13-12-18(22)16-23(2,3)17-25(5)6/h12-13,15,20-21,26-27H,4,7-11,14,16-17H2,1-3,5-6H3. The molecule has 0 saturated carbocycles. The fourth-order valence-electron chi connectivity index (χ4n) is 3.62. The second-order valence-electron chi connectivity index (χ2n) is 8.80. The van der Waals surface area contributed by atoms with Crippen molar-refractivity contribution in [3.8, 4) is 5.75 Å². The third-order valence-corrected chi connectivity index (χ3v) is 4.85. The zero-order chi connectivity index (χ0) is 21.2. The van der Waals surface area contributed by atoms with Crippen molar-refractivity contribution in [2.45, 2.75) is 71.5 Å². The van der Waals surface area contributed by atoms with E-state index in [-0.39, 0.29) is 5.41 Å². The maximum absolute atomic E-state index is 10.1. The fraction of sp³-hybridized carbons (Fsp3) is 0.696. The quantitative estimate of drug-likeness (QED) is 0.367. The van der Waals surface area contributed by atoms with Crippen LogP contribution >= 0.6 is 0 Å². The Morgan fingerprint density at radius 2 is 1.79 bits per heavy atom. The van der Waals surface area contributed by atoms with E-state index in [2.05, 4.69) is 57.5 Å². The van der Waals surface area contributed by atoms with Gasteiger partial charge in [-0.15, -0.1) is 0 Å². The van der Waals surface area contributed by atoms with Gasteiger partial charge in [-0.25, -0.2) is 0 Å². The number of nitrogens with zero attached hydrogens (tertiary/aromatic N) is 2. The summed E-state index contributed by atoms with van der Waals surface area (Å²) in [5.74, 6) is 0.831. The van der Waals surface area contributed by atoms with Gasteiger partial charge in [-0.1, -0.05) is 39.7 Å². The molecule has 0 spiro atoms. The normalized spacial score (nSPS) is 14.1. The molecule has 0 fully saturated rings. The van der Waals surface area contributed by atoms with Crippen LogP contribution in [0.5, 0.6) is 5.75 Å². The summed E-state index contributed by atoms with van der Waals surface area (Å²) in [5, 5.41) is 20.0. The maximum Gasteiger partial charge on any atom is 0.124 e. The Bertz CT molecular complexity index is 587. The Balaban J connectivity index is 2.66. The highest BCUT2D eigenvalue weighted by molar-refractivity contribution is 5.52. The van der Waals surface area contributed by atoms with Crippen molar-refractivity contribution in [1.82, 2.24) is 4.90 Å². The number of ether oxygens (including phenoxy) is 1. The minimum Gasteiger partial charge on any atom is -0.493 e. The predicted octanol–water partition coefficient (Wildman–Crippen LogP) is 4.22. The fourth-order valence-corrected chi connectivity index (χ4v) is 3.62. The van der Waals surface area contributed by atoms with Gasteiger partial charge in [0.2, 0.25) is 0 Å². The van der Waals surface area contributed by atoms with Crippen LogP contribution in [0.2, 0.25) is 0 Å². The molecule has 0 bridgehead atoms. The smallest absolute Gasteiger partial charge is 0.124 e. The molecular formula is C23H40N2O3. The second kappa shape index (κ2) is 12.2. The van der Waals surface area contributed by atoms with E-state index >= 15 is 0 Å². The molecule has 0 aliphatic rings. The first-order valence-corrected chi connectivity index (χ1v) is 10.4. The molecule has 0 saturated heterocycles. The number of rotatable bonds is 14. The highest BCUT2D eigenvalue weighted by Crippen LogP contribution is 2.31. The predicted molar refractivity (Wildman–Crippen MR) is 118 cm³/mol. The highest BCUT2D eigenvalue weighted by atomic mass is 16.5. The van der Waals surface area contributed by atoms with Gasteiger partial charge >= 0.3 is 0 Å². The van der Waals surface area contributed by atoms with Crippen LogP contribution in [0.15, 0.2) is 23.2 Å². The van der Waals surface area contributed by atoms with Crippen LogP contribution in [0, 0.1) is 5.41 Å². The first-order chi connectivity index (χ1) is 13.2. The topological polar surface area (TPSA) is 65.3 Å². The first kappa shape index (κ1) is 24.6. The van der Waals surface area contributed by atoms with Crippen molar-refractivity contribution in [3.05, 3.63) is 23.8 Å². The molecule has 2 unspecified atom stereocenters. The molecular weight excluding hydrogens is 352 g/mol. The number of aliphatic imine (C=N–C) groups is 1. The van der Waals surface area contributed by atoms with Crippen molar-refractivity contribution >= 4 is 12.4 Å². The lowest BCUT2D eigenvalue weighted by Crippen LogP contribution is -2.30. The molecule has 0 aliphatic carbocycles. The summed E-state index contributed by atoms with van der Waals surface area (Å²) in [6.45, 7) is 11.7. The van der Waals surface area contributed by atoms with Crippen molar-refractivity contribution in [1.29, 1.82) is 0 Å². The summed E-state index contributed by atoms with van der Waals surface area (Å²) < 4.78 is 6.05. The lowest BCUT2D eigenvalue weighted by Gasteiger charge is -2.29. The average molecular weight is 393 g/mol. The molecule has 28 heavy (non-hydrogen) atoms. The third kappa shape index (κ3) is 9.18. The van der Waals surface area contributed by atoms with Crippen molar-refractivity contribution < 1.29 is 14.9 Å². The van der Waals surface area contributed by atoms with Gasteiger partial charge < -0.3 is 19.8 Å². The van der Waals surface area contributed by atoms with Crippen LogP contribution in [0.1, 0.15) is 58.4 Å². The molecule has 0 aromatic heterocycles. The van der Waals surface area contributed by atoms with Crippen LogP contribution in [0.4, 0.5) is 5.69 Å². The molecule has 160 valence electrons. The SMILES string of the molecule is C=Nc1ccc(CC(C)(C)CN(C)C)c(OCCCC(O)C(O)CCCC)c1. The van der Waals surface area contributed by atoms with Crippen molar-refractivity contribution in [2.24, 2.45) is 10.4 Å². The van der Waals surface area contributed by atoms with Gasteiger partial charge in [-0.3, -0.25) is 4.99 Å². The molecule has 0 aliphatic heterocycles. The van der Waals surface area contributed by atoms with Gasteiger partial charge in [-0.2, -0.15) is 0 Å². The average Bonchev–Trinajstić information content (AvgIpc) is 2.62. The lowest BCUT2D eigenvalue weighted by atomic mass is 9.85. The van der Waals surface area contributed by atoms with Crippen LogP contribution in [0.3, 0.4) is 0 Å². The van der Waals surface area contributed by atoms with E-state index < -0.39 is 12.2 Å². The highest BCUT2D eigenvalue weighted by Gasteiger charge is 2.22. The van der Waals surface area contributed by atoms with E-state index in [0.29, 0.717) is 25.9 Å². The minimum absolute atomic E-state index is 0.115. The van der Waals surface area contributed by atoms with Gasteiger partial charge in [-0.05, 0) is 63.5 Å². The largest absolute Gasteiger partial charge is 0.493 e. The number of benzene rings is 1. The molecule has 2 atom stereocenters. The van der Waals surface area contributed by atoms with Gasteiger partial charge in [0.05, 0.1) is 24.5 Å². The molecule has 1 aromatic rings. The van der Waals surface area contributed by atoms with Gasteiger partial charge in [0.15, 0.2) is 0 Å². The van der Waals surface area contributed by atoms with Crippen LogP contribution in [-0.2, 0) is 6.42 Å². The molecule has 1 rings (SSSR count). The molecule has 1 aromatic carbocycles. The van der Waals surface area contributed by atoms with Crippen molar-refractivity contribution in [3.63, 3.8) is 0 Å².